The van der Waals surface area contributed by atoms with E-state index in [1.807, 2.05) is 11.6 Å². The maximum atomic E-state index is 10.8. The van der Waals surface area contributed by atoms with Crippen molar-refractivity contribution in [2.24, 2.45) is 0 Å². The summed E-state index contributed by atoms with van der Waals surface area (Å²) in [5, 5.41) is 6.49. The van der Waals surface area contributed by atoms with Gasteiger partial charge in [-0.05, 0) is 12.8 Å². The largest absolute Gasteiger partial charge is 0.356 e. The van der Waals surface area contributed by atoms with Gasteiger partial charge in [0.1, 0.15) is 0 Å². The Morgan fingerprint density at radius 2 is 2.19 bits per heavy atom. The van der Waals surface area contributed by atoms with Crippen molar-refractivity contribution in [3.63, 3.8) is 0 Å². The van der Waals surface area contributed by atoms with Crippen LogP contribution in [0.25, 0.3) is 0 Å². The number of carbonyl (C=O) groups excluding carboxylic acids is 2. The molecule has 0 radical (unpaired) electrons. The van der Waals surface area contributed by atoms with Crippen LogP contribution in [-0.2, 0) is 9.59 Å². The van der Waals surface area contributed by atoms with Crippen molar-refractivity contribution in [2.45, 2.75) is 43.9 Å². The zero-order chi connectivity index (χ0) is 15.1. The van der Waals surface area contributed by atoms with Gasteiger partial charge in [0.05, 0.1) is 0 Å². The smallest absolute Gasteiger partial charge is 0.207 e. The van der Waals surface area contributed by atoms with Gasteiger partial charge in [-0.25, -0.2) is 4.98 Å². The fraction of sp³-hybridized carbons (Fsp3) is 0.643. The van der Waals surface area contributed by atoms with E-state index in [0.717, 1.165) is 24.6 Å². The van der Waals surface area contributed by atoms with Gasteiger partial charge in [-0.3, -0.25) is 9.59 Å². The van der Waals surface area contributed by atoms with Crippen molar-refractivity contribution in [3.05, 3.63) is 11.6 Å². The zero-order valence-electron chi connectivity index (χ0n) is 12.2. The van der Waals surface area contributed by atoms with Crippen molar-refractivity contribution in [3.8, 4) is 0 Å². The Labute approximate surface area is 133 Å². The summed E-state index contributed by atoms with van der Waals surface area (Å²) in [6.45, 7) is 3.53. The van der Waals surface area contributed by atoms with Crippen LogP contribution in [0, 0.1) is 0 Å². The maximum Gasteiger partial charge on any atom is 0.207 e. The van der Waals surface area contributed by atoms with Crippen LogP contribution < -0.4 is 10.2 Å². The minimum Gasteiger partial charge on any atom is -0.356 e. The molecule has 1 aromatic rings. The number of anilines is 1. The lowest BCUT2D eigenvalue weighted by Crippen LogP contribution is -2.49. The van der Waals surface area contributed by atoms with Gasteiger partial charge in [-0.1, -0.05) is 24.6 Å². The van der Waals surface area contributed by atoms with Crippen LogP contribution in [0.2, 0.25) is 0 Å². The summed E-state index contributed by atoms with van der Waals surface area (Å²) in [5.74, 6) is 0. The van der Waals surface area contributed by atoms with Gasteiger partial charge in [-0.2, -0.15) is 0 Å². The number of thiazole rings is 1. The van der Waals surface area contributed by atoms with E-state index in [1.54, 1.807) is 18.3 Å². The van der Waals surface area contributed by atoms with E-state index in [2.05, 4.69) is 15.2 Å². The number of rotatable bonds is 4. The molecule has 0 aromatic carbocycles. The second-order valence-electron chi connectivity index (χ2n) is 5.22. The lowest BCUT2D eigenvalue weighted by atomic mass is 10.2. The van der Waals surface area contributed by atoms with E-state index >= 15 is 0 Å². The summed E-state index contributed by atoms with van der Waals surface area (Å²) >= 11 is 3.09. The SMILES string of the molecule is CC(=O)SC1CN(c2nccs2)C1.O=CNC1CCCC1. The van der Waals surface area contributed by atoms with Gasteiger partial charge in [-0.15, -0.1) is 11.3 Å². The molecule has 3 rings (SSSR count). The molecule has 0 unspecified atom stereocenters. The predicted octanol–water partition coefficient (Wildman–Crippen LogP) is 2.29. The molecule has 1 aliphatic carbocycles. The molecule has 0 spiro atoms. The summed E-state index contributed by atoms with van der Waals surface area (Å²) in [5.41, 5.74) is 0. The number of thioether (sulfide) groups is 1. The molecule has 1 amide bonds. The van der Waals surface area contributed by atoms with Crippen LogP contribution in [-0.4, -0.2) is 40.9 Å². The van der Waals surface area contributed by atoms with Gasteiger partial charge in [0.2, 0.25) is 6.41 Å². The first-order chi connectivity index (χ1) is 10.2. The Hall–Kier alpha value is -1.08. The van der Waals surface area contributed by atoms with Crippen LogP contribution in [0.15, 0.2) is 11.6 Å². The predicted molar refractivity (Wildman–Crippen MR) is 87.8 cm³/mol. The lowest BCUT2D eigenvalue weighted by molar-refractivity contribution is -0.110. The molecule has 1 saturated carbocycles. The molecule has 1 N–H and O–H groups in total. The van der Waals surface area contributed by atoms with E-state index in [4.69, 9.17) is 0 Å². The topological polar surface area (TPSA) is 62.3 Å². The van der Waals surface area contributed by atoms with Crippen LogP contribution in [0.1, 0.15) is 32.6 Å². The lowest BCUT2D eigenvalue weighted by Gasteiger charge is -2.37. The third kappa shape index (κ3) is 5.32. The van der Waals surface area contributed by atoms with E-state index in [9.17, 15) is 9.59 Å². The van der Waals surface area contributed by atoms with Gasteiger partial charge in [0.25, 0.3) is 0 Å². The third-order valence-electron chi connectivity index (χ3n) is 3.53. The first-order valence-corrected chi connectivity index (χ1v) is 8.96. The maximum absolute atomic E-state index is 10.8. The van der Waals surface area contributed by atoms with Gasteiger partial charge < -0.3 is 10.2 Å². The number of carbonyl (C=O) groups is 2. The molecule has 2 fully saturated rings. The second-order valence-corrected chi connectivity index (χ2v) is 7.57. The molecule has 2 heterocycles. The molecule has 21 heavy (non-hydrogen) atoms. The number of amides is 1. The molecule has 5 nitrogen and oxygen atoms in total. The third-order valence-corrected chi connectivity index (χ3v) is 5.33. The summed E-state index contributed by atoms with van der Waals surface area (Å²) < 4.78 is 0. The minimum absolute atomic E-state index is 0.212. The summed E-state index contributed by atoms with van der Waals surface area (Å²) in [7, 11) is 0. The van der Waals surface area contributed by atoms with Gasteiger partial charge >= 0.3 is 0 Å². The van der Waals surface area contributed by atoms with E-state index in [1.165, 1.54) is 37.4 Å². The fourth-order valence-corrected chi connectivity index (χ4v) is 4.11. The normalized spacial score (nSPS) is 18.6. The van der Waals surface area contributed by atoms with Crippen molar-refractivity contribution < 1.29 is 9.59 Å². The molecule has 116 valence electrons. The number of aromatic nitrogens is 1. The molecular weight excluding hydrogens is 306 g/mol. The Morgan fingerprint density at radius 3 is 2.71 bits per heavy atom. The second kappa shape index (κ2) is 8.38. The van der Waals surface area contributed by atoms with E-state index in [0.29, 0.717) is 11.3 Å². The highest BCUT2D eigenvalue weighted by Gasteiger charge is 2.29. The van der Waals surface area contributed by atoms with Gasteiger partial charge in [0.15, 0.2) is 10.2 Å². The van der Waals surface area contributed by atoms with Crippen LogP contribution >= 0.6 is 23.1 Å². The highest BCUT2D eigenvalue weighted by atomic mass is 32.2. The van der Waals surface area contributed by atoms with Crippen LogP contribution in [0.3, 0.4) is 0 Å². The fourth-order valence-electron chi connectivity index (χ4n) is 2.46. The number of hydrogen-bond acceptors (Lipinski definition) is 6. The first-order valence-electron chi connectivity index (χ1n) is 7.20. The highest BCUT2D eigenvalue weighted by molar-refractivity contribution is 8.14. The van der Waals surface area contributed by atoms with Crippen molar-refractivity contribution in [1.29, 1.82) is 0 Å². The summed E-state index contributed by atoms with van der Waals surface area (Å²) in [6, 6.07) is 0.493. The number of nitrogens with one attached hydrogen (secondary N) is 1. The highest BCUT2D eigenvalue weighted by Crippen LogP contribution is 2.29. The van der Waals surface area contributed by atoms with Crippen LogP contribution in [0.5, 0.6) is 0 Å². The first kappa shape index (κ1) is 16.3. The van der Waals surface area contributed by atoms with Gasteiger partial charge in [0, 0.05) is 42.9 Å². The van der Waals surface area contributed by atoms with Crippen molar-refractivity contribution >= 4 is 39.8 Å². The average Bonchev–Trinajstić information content (AvgIpc) is 3.07. The molecule has 1 saturated heterocycles. The Balaban J connectivity index is 0.000000173. The quantitative estimate of drug-likeness (QED) is 0.860. The molecule has 2 aliphatic rings. The molecule has 0 atom stereocenters. The minimum atomic E-state index is 0.212. The van der Waals surface area contributed by atoms with Crippen molar-refractivity contribution in [1.82, 2.24) is 10.3 Å². The Kier molecular flexibility index (Phi) is 6.50. The number of hydrogen-bond donors (Lipinski definition) is 1. The van der Waals surface area contributed by atoms with Crippen molar-refractivity contribution in [2.75, 3.05) is 18.0 Å². The number of nitrogens with zero attached hydrogens (tertiary/aromatic N) is 2. The molecular formula is C14H21N3O2S2. The summed E-state index contributed by atoms with van der Waals surface area (Å²) in [4.78, 5) is 27.0. The molecule has 1 aliphatic heterocycles. The average molecular weight is 327 g/mol. The summed E-state index contributed by atoms with van der Waals surface area (Å²) in [6.07, 6.45) is 7.54. The Bertz CT molecular complexity index is 441. The molecule has 7 heteroatoms. The van der Waals surface area contributed by atoms with Crippen LogP contribution in [0.4, 0.5) is 5.13 Å². The monoisotopic (exact) mass is 327 g/mol. The zero-order valence-corrected chi connectivity index (χ0v) is 13.8. The standard InChI is InChI=1S/C8H10N2OS2.C6H11NO/c1-6(11)13-7-4-10(5-7)8-9-2-3-12-8;8-5-7-6-3-1-2-4-6/h2-3,7H,4-5H2,1H3;5-6H,1-4H2,(H,7,8). The van der Waals surface area contributed by atoms with E-state index < -0.39 is 0 Å². The molecule has 1 aromatic heterocycles. The molecule has 0 bridgehead atoms. The Morgan fingerprint density at radius 1 is 1.48 bits per heavy atom. The van der Waals surface area contributed by atoms with E-state index in [-0.39, 0.29) is 5.12 Å².